The number of piperidine rings is 1. The summed E-state index contributed by atoms with van der Waals surface area (Å²) in [5, 5.41) is 0.620. The van der Waals surface area contributed by atoms with Gasteiger partial charge in [0.1, 0.15) is 0 Å². The zero-order valence-electron chi connectivity index (χ0n) is 11.6. The van der Waals surface area contributed by atoms with Crippen LogP contribution in [0.3, 0.4) is 0 Å². The third-order valence-electron chi connectivity index (χ3n) is 3.88. The molecule has 1 aliphatic rings. The average Bonchev–Trinajstić information content (AvgIpc) is 2.46. The summed E-state index contributed by atoms with van der Waals surface area (Å²) in [7, 11) is 0. The van der Waals surface area contributed by atoms with Gasteiger partial charge in [-0.1, -0.05) is 43.7 Å². The fraction of sp³-hybridized carbons (Fsp3) is 0.625. The number of rotatable bonds is 5. The highest BCUT2D eigenvalue weighted by atomic mass is 32.2. The first kappa shape index (κ1) is 14.0. The van der Waals surface area contributed by atoms with E-state index in [1.807, 2.05) is 0 Å². The van der Waals surface area contributed by atoms with E-state index in [1.54, 1.807) is 0 Å². The van der Waals surface area contributed by atoms with Crippen molar-refractivity contribution >= 4 is 11.8 Å². The molecule has 0 aromatic heterocycles. The summed E-state index contributed by atoms with van der Waals surface area (Å²) in [6, 6.07) is 11.7. The van der Waals surface area contributed by atoms with Crippen molar-refractivity contribution in [1.29, 1.82) is 0 Å². The summed E-state index contributed by atoms with van der Waals surface area (Å²) >= 11 is 2.09. The van der Waals surface area contributed by atoms with Crippen molar-refractivity contribution in [1.82, 2.24) is 4.90 Å². The Labute approximate surface area is 116 Å². The minimum absolute atomic E-state index is 0.620. The lowest BCUT2D eigenvalue weighted by Gasteiger charge is -2.37. The number of hydrogen-bond acceptors (Lipinski definition) is 2. The van der Waals surface area contributed by atoms with Gasteiger partial charge in [0.15, 0.2) is 0 Å². The molecular formula is C16H25NS. The molecule has 0 aliphatic carbocycles. The molecule has 0 radical (unpaired) electrons. The van der Waals surface area contributed by atoms with Crippen LogP contribution < -0.4 is 0 Å². The van der Waals surface area contributed by atoms with Gasteiger partial charge in [0.2, 0.25) is 0 Å². The zero-order chi connectivity index (χ0) is 12.8. The Morgan fingerprint density at radius 3 is 2.39 bits per heavy atom. The minimum atomic E-state index is 0.620. The smallest absolute Gasteiger partial charge is 0.0449 e. The van der Waals surface area contributed by atoms with Crippen molar-refractivity contribution in [3.8, 4) is 0 Å². The number of nitrogens with zero attached hydrogens (tertiary/aromatic N) is 1. The van der Waals surface area contributed by atoms with Gasteiger partial charge in [-0.2, -0.15) is 11.8 Å². The standard InChI is InChI=1S/C16H25NS/c1-3-18-16(15-10-6-4-7-11-15)14(2)17-12-8-5-9-13-17/h4,6-7,10-11,14,16H,3,5,8-9,12-13H2,1-2H3/t14-,16-/m0/s1. The Kier molecular flexibility index (Phi) is 5.58. The van der Waals surface area contributed by atoms with Gasteiger partial charge in [-0.15, -0.1) is 0 Å². The van der Waals surface area contributed by atoms with E-state index in [-0.39, 0.29) is 0 Å². The molecule has 1 nitrogen and oxygen atoms in total. The van der Waals surface area contributed by atoms with Crippen molar-refractivity contribution in [2.45, 2.75) is 44.4 Å². The predicted octanol–water partition coefficient (Wildman–Crippen LogP) is 4.36. The Hall–Kier alpha value is -0.470. The molecule has 1 fully saturated rings. The van der Waals surface area contributed by atoms with Crippen molar-refractivity contribution < 1.29 is 0 Å². The fourth-order valence-corrected chi connectivity index (χ4v) is 4.01. The monoisotopic (exact) mass is 263 g/mol. The molecule has 0 saturated carbocycles. The zero-order valence-corrected chi connectivity index (χ0v) is 12.5. The fourth-order valence-electron chi connectivity index (χ4n) is 2.85. The van der Waals surface area contributed by atoms with E-state index >= 15 is 0 Å². The van der Waals surface area contributed by atoms with Crippen molar-refractivity contribution in [2.24, 2.45) is 0 Å². The second-order valence-corrected chi connectivity index (χ2v) is 6.54. The summed E-state index contributed by atoms with van der Waals surface area (Å²) in [6.45, 7) is 7.25. The quantitative estimate of drug-likeness (QED) is 0.776. The second-order valence-electron chi connectivity index (χ2n) is 5.12. The largest absolute Gasteiger partial charge is 0.299 e. The normalized spacial score (nSPS) is 20.6. The Balaban J connectivity index is 2.08. The Bertz CT molecular complexity index is 332. The van der Waals surface area contributed by atoms with Crippen LogP contribution >= 0.6 is 11.8 Å². The van der Waals surface area contributed by atoms with Crippen molar-refractivity contribution in [3.05, 3.63) is 35.9 Å². The molecule has 1 heterocycles. The van der Waals surface area contributed by atoms with Crippen LogP contribution in [0.25, 0.3) is 0 Å². The molecule has 2 atom stereocenters. The van der Waals surface area contributed by atoms with E-state index in [2.05, 4.69) is 60.8 Å². The lowest BCUT2D eigenvalue weighted by Crippen LogP contribution is -2.40. The van der Waals surface area contributed by atoms with Gasteiger partial charge < -0.3 is 0 Å². The SMILES string of the molecule is CCS[C@H](c1ccccc1)[C@H](C)N1CCCCC1. The van der Waals surface area contributed by atoms with Gasteiger partial charge in [-0.05, 0) is 44.2 Å². The summed E-state index contributed by atoms with van der Waals surface area (Å²) in [5.74, 6) is 1.19. The van der Waals surface area contributed by atoms with Gasteiger partial charge in [0.25, 0.3) is 0 Å². The number of benzene rings is 1. The van der Waals surface area contributed by atoms with Gasteiger partial charge >= 0.3 is 0 Å². The van der Waals surface area contributed by atoms with Crippen LogP contribution in [0.15, 0.2) is 30.3 Å². The molecule has 0 spiro atoms. The second kappa shape index (κ2) is 7.20. The average molecular weight is 263 g/mol. The minimum Gasteiger partial charge on any atom is -0.299 e. The molecule has 1 aromatic rings. The first-order valence-electron chi connectivity index (χ1n) is 7.23. The molecular weight excluding hydrogens is 238 g/mol. The van der Waals surface area contributed by atoms with Crippen LogP contribution in [0.1, 0.15) is 43.9 Å². The summed E-state index contributed by atoms with van der Waals surface area (Å²) in [5.41, 5.74) is 1.49. The van der Waals surface area contributed by atoms with E-state index in [1.165, 1.54) is 43.7 Å². The predicted molar refractivity (Wildman–Crippen MR) is 82.2 cm³/mol. The lowest BCUT2D eigenvalue weighted by molar-refractivity contribution is 0.171. The molecule has 1 aliphatic heterocycles. The number of likely N-dealkylation sites (tertiary alicyclic amines) is 1. The first-order valence-corrected chi connectivity index (χ1v) is 8.28. The maximum Gasteiger partial charge on any atom is 0.0449 e. The topological polar surface area (TPSA) is 3.24 Å². The van der Waals surface area contributed by atoms with E-state index in [0.717, 1.165) is 0 Å². The van der Waals surface area contributed by atoms with Gasteiger partial charge in [-0.25, -0.2) is 0 Å². The molecule has 2 rings (SSSR count). The van der Waals surface area contributed by atoms with Crippen LogP contribution in [0, 0.1) is 0 Å². The highest BCUT2D eigenvalue weighted by molar-refractivity contribution is 7.99. The van der Waals surface area contributed by atoms with Gasteiger partial charge in [0.05, 0.1) is 0 Å². The third-order valence-corrected chi connectivity index (χ3v) is 5.24. The molecule has 1 aromatic carbocycles. The molecule has 0 bridgehead atoms. The number of hydrogen-bond donors (Lipinski definition) is 0. The highest BCUT2D eigenvalue weighted by Crippen LogP contribution is 2.35. The maximum absolute atomic E-state index is 2.68. The Morgan fingerprint density at radius 1 is 1.11 bits per heavy atom. The number of thioether (sulfide) groups is 1. The molecule has 2 heteroatoms. The van der Waals surface area contributed by atoms with Crippen LogP contribution in [0.4, 0.5) is 0 Å². The van der Waals surface area contributed by atoms with E-state index < -0.39 is 0 Å². The molecule has 0 N–H and O–H groups in total. The van der Waals surface area contributed by atoms with Crippen molar-refractivity contribution in [2.75, 3.05) is 18.8 Å². The van der Waals surface area contributed by atoms with Crippen LogP contribution in [0.5, 0.6) is 0 Å². The van der Waals surface area contributed by atoms with Gasteiger partial charge in [-0.3, -0.25) is 4.90 Å². The van der Waals surface area contributed by atoms with Gasteiger partial charge in [0, 0.05) is 11.3 Å². The third kappa shape index (κ3) is 3.52. The molecule has 1 saturated heterocycles. The summed E-state index contributed by atoms with van der Waals surface area (Å²) in [6.07, 6.45) is 4.17. The van der Waals surface area contributed by atoms with Crippen LogP contribution in [0.2, 0.25) is 0 Å². The van der Waals surface area contributed by atoms with E-state index in [9.17, 15) is 0 Å². The first-order chi connectivity index (χ1) is 8.83. The highest BCUT2D eigenvalue weighted by Gasteiger charge is 2.25. The summed E-state index contributed by atoms with van der Waals surface area (Å²) in [4.78, 5) is 2.68. The lowest BCUT2D eigenvalue weighted by atomic mass is 10.0. The molecule has 0 unspecified atom stereocenters. The van der Waals surface area contributed by atoms with Crippen LogP contribution in [-0.4, -0.2) is 29.8 Å². The van der Waals surface area contributed by atoms with Crippen LogP contribution in [-0.2, 0) is 0 Å². The Morgan fingerprint density at radius 2 is 1.78 bits per heavy atom. The maximum atomic E-state index is 2.68. The van der Waals surface area contributed by atoms with E-state index in [0.29, 0.717) is 11.3 Å². The molecule has 100 valence electrons. The summed E-state index contributed by atoms with van der Waals surface area (Å²) < 4.78 is 0. The van der Waals surface area contributed by atoms with E-state index in [4.69, 9.17) is 0 Å². The molecule has 18 heavy (non-hydrogen) atoms. The molecule has 0 amide bonds. The van der Waals surface area contributed by atoms with Crippen molar-refractivity contribution in [3.63, 3.8) is 0 Å².